The second-order valence-electron chi connectivity index (χ2n) is 6.73. The zero-order valence-corrected chi connectivity index (χ0v) is 15.2. The largest absolute Gasteiger partial charge is 0.494 e. The van der Waals surface area contributed by atoms with Crippen molar-refractivity contribution in [2.45, 2.75) is 20.3 Å². The molecule has 0 bridgehead atoms. The van der Waals surface area contributed by atoms with E-state index < -0.39 is 0 Å². The van der Waals surface area contributed by atoms with E-state index in [9.17, 15) is 14.4 Å². The Hall–Kier alpha value is -2.57. The predicted molar refractivity (Wildman–Crippen MR) is 96.7 cm³/mol. The standard InChI is InChI=1S/C19H25N3O4/c1-3-26-15-6-4-14(5-7-15)20-18(24)16-12-17(16)19(25)22-10-8-21(9-11-22)13(2)23/h4-7,16-17H,3,8-12H2,1-2H3,(H,20,24). The Labute approximate surface area is 153 Å². The molecule has 1 aliphatic heterocycles. The van der Waals surface area contributed by atoms with Gasteiger partial charge in [0.2, 0.25) is 17.7 Å². The molecule has 1 aliphatic carbocycles. The van der Waals surface area contributed by atoms with Crippen molar-refractivity contribution in [3.05, 3.63) is 24.3 Å². The number of nitrogens with one attached hydrogen (secondary N) is 1. The number of benzene rings is 1. The van der Waals surface area contributed by atoms with E-state index in [1.54, 1.807) is 28.9 Å². The summed E-state index contributed by atoms with van der Waals surface area (Å²) in [6, 6.07) is 7.21. The van der Waals surface area contributed by atoms with Gasteiger partial charge in [0, 0.05) is 38.8 Å². The van der Waals surface area contributed by atoms with E-state index in [0.717, 1.165) is 5.75 Å². The van der Waals surface area contributed by atoms with Gasteiger partial charge in [0.15, 0.2) is 0 Å². The molecular weight excluding hydrogens is 334 g/mol. The second-order valence-corrected chi connectivity index (χ2v) is 6.73. The van der Waals surface area contributed by atoms with Gasteiger partial charge in [-0.15, -0.1) is 0 Å². The molecule has 1 heterocycles. The van der Waals surface area contributed by atoms with Crippen LogP contribution in [0.15, 0.2) is 24.3 Å². The number of piperazine rings is 1. The summed E-state index contributed by atoms with van der Waals surface area (Å²) >= 11 is 0. The van der Waals surface area contributed by atoms with Crippen molar-refractivity contribution in [1.29, 1.82) is 0 Å². The highest BCUT2D eigenvalue weighted by atomic mass is 16.5. The van der Waals surface area contributed by atoms with Gasteiger partial charge in [0.25, 0.3) is 0 Å². The Morgan fingerprint density at radius 1 is 1.04 bits per heavy atom. The summed E-state index contributed by atoms with van der Waals surface area (Å²) in [5, 5.41) is 2.86. The minimum atomic E-state index is -0.264. The molecule has 1 aromatic carbocycles. The number of rotatable bonds is 5. The van der Waals surface area contributed by atoms with E-state index in [2.05, 4.69) is 5.32 Å². The van der Waals surface area contributed by atoms with Gasteiger partial charge in [0.05, 0.1) is 18.4 Å². The number of ether oxygens (including phenoxy) is 1. The van der Waals surface area contributed by atoms with Crippen LogP contribution in [0, 0.1) is 11.8 Å². The van der Waals surface area contributed by atoms with Crippen LogP contribution in [0.2, 0.25) is 0 Å². The fourth-order valence-corrected chi connectivity index (χ4v) is 3.27. The van der Waals surface area contributed by atoms with Crippen LogP contribution in [-0.4, -0.2) is 60.3 Å². The number of hydrogen-bond donors (Lipinski definition) is 1. The van der Waals surface area contributed by atoms with Crippen LogP contribution in [0.1, 0.15) is 20.3 Å². The lowest BCUT2D eigenvalue weighted by molar-refractivity contribution is -0.139. The third-order valence-corrected chi connectivity index (χ3v) is 4.91. The summed E-state index contributed by atoms with van der Waals surface area (Å²) < 4.78 is 5.38. The fraction of sp³-hybridized carbons (Fsp3) is 0.526. The summed E-state index contributed by atoms with van der Waals surface area (Å²) in [6.07, 6.45) is 0.592. The minimum Gasteiger partial charge on any atom is -0.494 e. The highest BCUT2D eigenvalue weighted by Gasteiger charge is 2.49. The Morgan fingerprint density at radius 2 is 1.65 bits per heavy atom. The highest BCUT2D eigenvalue weighted by molar-refractivity contribution is 5.99. The van der Waals surface area contributed by atoms with Gasteiger partial charge in [0.1, 0.15) is 5.75 Å². The molecule has 0 aromatic heterocycles. The van der Waals surface area contributed by atoms with Crippen molar-refractivity contribution in [1.82, 2.24) is 9.80 Å². The van der Waals surface area contributed by atoms with Crippen molar-refractivity contribution in [2.75, 3.05) is 38.1 Å². The Morgan fingerprint density at radius 3 is 2.23 bits per heavy atom. The first-order valence-electron chi connectivity index (χ1n) is 9.07. The quantitative estimate of drug-likeness (QED) is 0.861. The fourth-order valence-electron chi connectivity index (χ4n) is 3.27. The topological polar surface area (TPSA) is 79.0 Å². The first kappa shape index (κ1) is 18.2. The van der Waals surface area contributed by atoms with Gasteiger partial charge in [-0.3, -0.25) is 14.4 Å². The number of amides is 3. The Bertz CT molecular complexity index is 681. The molecule has 1 N–H and O–H groups in total. The van der Waals surface area contributed by atoms with Crippen molar-refractivity contribution >= 4 is 23.4 Å². The molecule has 26 heavy (non-hydrogen) atoms. The zero-order chi connectivity index (χ0) is 18.7. The third-order valence-electron chi connectivity index (χ3n) is 4.91. The molecule has 2 unspecified atom stereocenters. The molecule has 2 atom stereocenters. The molecule has 1 saturated carbocycles. The molecule has 2 aliphatic rings. The van der Waals surface area contributed by atoms with E-state index in [-0.39, 0.29) is 29.6 Å². The lowest BCUT2D eigenvalue weighted by Gasteiger charge is -2.34. The Kier molecular flexibility index (Phi) is 5.44. The lowest BCUT2D eigenvalue weighted by Crippen LogP contribution is -2.50. The van der Waals surface area contributed by atoms with Crippen LogP contribution < -0.4 is 10.1 Å². The molecule has 0 spiro atoms. The number of hydrogen-bond acceptors (Lipinski definition) is 4. The van der Waals surface area contributed by atoms with Gasteiger partial charge in [-0.05, 0) is 37.6 Å². The van der Waals surface area contributed by atoms with E-state index in [1.807, 2.05) is 19.1 Å². The van der Waals surface area contributed by atoms with Gasteiger partial charge in [-0.1, -0.05) is 0 Å². The zero-order valence-electron chi connectivity index (χ0n) is 15.2. The number of nitrogens with zero attached hydrogens (tertiary/aromatic N) is 2. The molecule has 3 rings (SSSR count). The summed E-state index contributed by atoms with van der Waals surface area (Å²) in [4.78, 5) is 39.8. The molecule has 0 radical (unpaired) electrons. The van der Waals surface area contributed by atoms with Crippen molar-refractivity contribution < 1.29 is 19.1 Å². The smallest absolute Gasteiger partial charge is 0.228 e. The van der Waals surface area contributed by atoms with Crippen LogP contribution in [0.4, 0.5) is 5.69 Å². The summed E-state index contributed by atoms with van der Waals surface area (Å²) in [7, 11) is 0. The Balaban J connectivity index is 1.47. The molecule has 7 nitrogen and oxygen atoms in total. The summed E-state index contributed by atoms with van der Waals surface area (Å²) in [5.41, 5.74) is 0.701. The van der Waals surface area contributed by atoms with Crippen LogP contribution in [0.3, 0.4) is 0 Å². The third kappa shape index (κ3) is 4.15. The first-order chi connectivity index (χ1) is 12.5. The number of carbonyl (C=O) groups is 3. The van der Waals surface area contributed by atoms with E-state index in [4.69, 9.17) is 4.74 Å². The maximum Gasteiger partial charge on any atom is 0.228 e. The highest BCUT2D eigenvalue weighted by Crippen LogP contribution is 2.41. The minimum absolute atomic E-state index is 0.0278. The molecule has 1 aromatic rings. The normalized spacial score (nSPS) is 21.9. The molecule has 7 heteroatoms. The molecule has 3 amide bonds. The van der Waals surface area contributed by atoms with Gasteiger partial charge >= 0.3 is 0 Å². The summed E-state index contributed by atoms with van der Waals surface area (Å²) in [5.74, 6) is 0.210. The number of anilines is 1. The van der Waals surface area contributed by atoms with Crippen LogP contribution in [-0.2, 0) is 14.4 Å². The average molecular weight is 359 g/mol. The first-order valence-corrected chi connectivity index (χ1v) is 9.07. The maximum absolute atomic E-state index is 12.5. The number of carbonyl (C=O) groups excluding carboxylic acids is 3. The van der Waals surface area contributed by atoms with Crippen molar-refractivity contribution in [3.8, 4) is 5.75 Å². The van der Waals surface area contributed by atoms with Gasteiger partial charge in [-0.25, -0.2) is 0 Å². The van der Waals surface area contributed by atoms with E-state index >= 15 is 0 Å². The molecule has 2 fully saturated rings. The molecular formula is C19H25N3O4. The van der Waals surface area contributed by atoms with Gasteiger partial charge < -0.3 is 19.9 Å². The van der Waals surface area contributed by atoms with E-state index in [1.165, 1.54) is 0 Å². The van der Waals surface area contributed by atoms with E-state index in [0.29, 0.717) is 44.9 Å². The monoisotopic (exact) mass is 359 g/mol. The van der Waals surface area contributed by atoms with Crippen LogP contribution >= 0.6 is 0 Å². The van der Waals surface area contributed by atoms with Crippen molar-refractivity contribution in [2.24, 2.45) is 11.8 Å². The SMILES string of the molecule is CCOc1ccc(NC(=O)C2CC2C(=O)N2CCN(C(C)=O)CC2)cc1. The predicted octanol–water partition coefficient (Wildman–Crippen LogP) is 1.35. The van der Waals surface area contributed by atoms with Crippen LogP contribution in [0.5, 0.6) is 5.75 Å². The average Bonchev–Trinajstić information content (AvgIpc) is 3.44. The van der Waals surface area contributed by atoms with Gasteiger partial charge in [-0.2, -0.15) is 0 Å². The van der Waals surface area contributed by atoms with Crippen molar-refractivity contribution in [3.63, 3.8) is 0 Å². The molecule has 140 valence electrons. The molecule has 1 saturated heterocycles. The second kappa shape index (κ2) is 7.76. The summed E-state index contributed by atoms with van der Waals surface area (Å²) in [6.45, 7) is 6.27. The maximum atomic E-state index is 12.5. The van der Waals surface area contributed by atoms with Crippen LogP contribution in [0.25, 0.3) is 0 Å². The lowest BCUT2D eigenvalue weighted by atomic mass is 10.2.